The van der Waals surface area contributed by atoms with E-state index in [-0.39, 0.29) is 5.82 Å². The van der Waals surface area contributed by atoms with E-state index in [1.165, 1.54) is 0 Å². The third-order valence-corrected chi connectivity index (χ3v) is 4.12. The summed E-state index contributed by atoms with van der Waals surface area (Å²) in [6.45, 7) is 7.01. The van der Waals surface area contributed by atoms with Gasteiger partial charge in [-0.1, -0.05) is 6.07 Å². The molecule has 1 aromatic rings. The lowest BCUT2D eigenvalue weighted by Gasteiger charge is -2.39. The Morgan fingerprint density at radius 2 is 2.19 bits per heavy atom. The van der Waals surface area contributed by atoms with Crippen LogP contribution in [0.1, 0.15) is 12.5 Å². The molecule has 0 aliphatic carbocycles. The molecule has 1 unspecified atom stereocenters. The van der Waals surface area contributed by atoms with Crippen molar-refractivity contribution in [3.8, 4) is 0 Å². The zero-order valence-electron chi connectivity index (χ0n) is 13.2. The number of likely N-dealkylation sites (N-methyl/N-ethyl adjacent to an activating group) is 1. The van der Waals surface area contributed by atoms with E-state index < -0.39 is 0 Å². The van der Waals surface area contributed by atoms with Crippen molar-refractivity contribution < 1.29 is 9.13 Å². The Morgan fingerprint density at radius 1 is 1.38 bits per heavy atom. The van der Waals surface area contributed by atoms with Crippen LogP contribution < -0.4 is 10.2 Å². The van der Waals surface area contributed by atoms with Crippen LogP contribution in [0.2, 0.25) is 0 Å². The van der Waals surface area contributed by atoms with E-state index in [0.717, 1.165) is 37.4 Å². The molecule has 1 fully saturated rings. The highest BCUT2D eigenvalue weighted by atomic mass is 19.1. The van der Waals surface area contributed by atoms with Crippen LogP contribution in [0.5, 0.6) is 0 Å². The molecular formula is C16H26FN3O. The van der Waals surface area contributed by atoms with Crippen LogP contribution in [0.15, 0.2) is 18.2 Å². The standard InChI is InChI=1S/C16H26FN3O/c1-13-12-20(8-7-19(13)2)16-5-4-14(10-15(16)17)11-18-6-9-21-3/h4-5,10,13,18H,6-9,11-12H2,1-3H3. The number of methoxy groups -OCH3 is 1. The van der Waals surface area contributed by atoms with Gasteiger partial charge in [-0.15, -0.1) is 0 Å². The van der Waals surface area contributed by atoms with Gasteiger partial charge in [-0.25, -0.2) is 4.39 Å². The molecule has 1 saturated heterocycles. The van der Waals surface area contributed by atoms with E-state index in [1.807, 2.05) is 12.1 Å². The van der Waals surface area contributed by atoms with E-state index in [4.69, 9.17) is 4.74 Å². The number of hydrogen-bond donors (Lipinski definition) is 1. The Balaban J connectivity index is 1.95. The Bertz CT molecular complexity index is 455. The summed E-state index contributed by atoms with van der Waals surface area (Å²) in [5, 5.41) is 3.23. The van der Waals surface area contributed by atoms with Crippen molar-refractivity contribution in [3.05, 3.63) is 29.6 Å². The quantitative estimate of drug-likeness (QED) is 0.809. The first kappa shape index (κ1) is 16.2. The number of piperazine rings is 1. The van der Waals surface area contributed by atoms with Gasteiger partial charge in [0.25, 0.3) is 0 Å². The number of nitrogens with zero attached hydrogens (tertiary/aromatic N) is 2. The molecule has 0 radical (unpaired) electrons. The van der Waals surface area contributed by atoms with Gasteiger partial charge in [0.05, 0.1) is 12.3 Å². The van der Waals surface area contributed by atoms with Crippen molar-refractivity contribution in [2.45, 2.75) is 19.5 Å². The number of anilines is 1. The molecule has 118 valence electrons. The van der Waals surface area contributed by atoms with Crippen LogP contribution in [0.25, 0.3) is 0 Å². The van der Waals surface area contributed by atoms with Crippen molar-refractivity contribution in [2.24, 2.45) is 0 Å². The molecule has 1 aliphatic heterocycles. The summed E-state index contributed by atoms with van der Waals surface area (Å²) in [5.41, 5.74) is 1.69. The van der Waals surface area contributed by atoms with Gasteiger partial charge in [-0.3, -0.25) is 0 Å². The Labute approximate surface area is 126 Å². The van der Waals surface area contributed by atoms with Crippen LogP contribution in [-0.4, -0.2) is 57.9 Å². The van der Waals surface area contributed by atoms with Crippen LogP contribution in [0.3, 0.4) is 0 Å². The molecule has 1 heterocycles. The average Bonchev–Trinajstić information content (AvgIpc) is 2.47. The van der Waals surface area contributed by atoms with Crippen LogP contribution in [0, 0.1) is 5.82 Å². The minimum absolute atomic E-state index is 0.127. The van der Waals surface area contributed by atoms with Crippen molar-refractivity contribution in [2.75, 3.05) is 51.8 Å². The number of halogens is 1. The van der Waals surface area contributed by atoms with Gasteiger partial charge in [-0.2, -0.15) is 0 Å². The lowest BCUT2D eigenvalue weighted by molar-refractivity contribution is 0.199. The van der Waals surface area contributed by atoms with Gasteiger partial charge < -0.3 is 19.9 Å². The number of nitrogens with one attached hydrogen (secondary N) is 1. The third-order valence-electron chi connectivity index (χ3n) is 4.12. The largest absolute Gasteiger partial charge is 0.383 e. The molecule has 1 N–H and O–H groups in total. The fourth-order valence-electron chi connectivity index (χ4n) is 2.59. The van der Waals surface area contributed by atoms with Gasteiger partial charge in [0.15, 0.2) is 0 Å². The molecule has 0 aromatic heterocycles. The fourth-order valence-corrected chi connectivity index (χ4v) is 2.59. The molecule has 1 aromatic carbocycles. The van der Waals surface area contributed by atoms with Crippen LogP contribution in [-0.2, 0) is 11.3 Å². The highest BCUT2D eigenvalue weighted by Crippen LogP contribution is 2.23. The minimum Gasteiger partial charge on any atom is -0.383 e. The average molecular weight is 295 g/mol. The molecule has 2 rings (SSSR count). The molecular weight excluding hydrogens is 269 g/mol. The Hall–Kier alpha value is -1.17. The number of rotatable bonds is 6. The maximum Gasteiger partial charge on any atom is 0.146 e. The highest BCUT2D eigenvalue weighted by molar-refractivity contribution is 5.49. The third kappa shape index (κ3) is 4.40. The number of benzene rings is 1. The zero-order chi connectivity index (χ0) is 15.2. The van der Waals surface area contributed by atoms with Gasteiger partial charge in [-0.05, 0) is 31.7 Å². The van der Waals surface area contributed by atoms with Crippen LogP contribution in [0.4, 0.5) is 10.1 Å². The Morgan fingerprint density at radius 3 is 2.86 bits per heavy atom. The minimum atomic E-state index is -0.127. The molecule has 1 atom stereocenters. The normalized spacial score (nSPS) is 20.0. The number of hydrogen-bond acceptors (Lipinski definition) is 4. The second-order valence-corrected chi connectivity index (χ2v) is 5.73. The zero-order valence-corrected chi connectivity index (χ0v) is 13.2. The van der Waals surface area contributed by atoms with Crippen LogP contribution >= 0.6 is 0 Å². The summed E-state index contributed by atoms with van der Waals surface area (Å²) < 4.78 is 19.3. The molecule has 0 saturated carbocycles. The Kier molecular flexibility index (Phi) is 5.96. The first-order valence-corrected chi connectivity index (χ1v) is 7.55. The molecule has 1 aliphatic rings. The number of ether oxygens (including phenoxy) is 1. The highest BCUT2D eigenvalue weighted by Gasteiger charge is 2.22. The summed E-state index contributed by atoms with van der Waals surface area (Å²) in [4.78, 5) is 4.45. The van der Waals surface area contributed by atoms with E-state index in [2.05, 4.69) is 29.1 Å². The van der Waals surface area contributed by atoms with Gasteiger partial charge >= 0.3 is 0 Å². The molecule has 21 heavy (non-hydrogen) atoms. The van der Waals surface area contributed by atoms with Crippen molar-refractivity contribution in [1.29, 1.82) is 0 Å². The van der Waals surface area contributed by atoms with E-state index in [0.29, 0.717) is 19.2 Å². The lowest BCUT2D eigenvalue weighted by atomic mass is 10.1. The monoisotopic (exact) mass is 295 g/mol. The summed E-state index contributed by atoms with van der Waals surface area (Å²) in [6.07, 6.45) is 0. The molecule has 0 bridgehead atoms. The summed E-state index contributed by atoms with van der Waals surface area (Å²) >= 11 is 0. The second-order valence-electron chi connectivity index (χ2n) is 5.73. The van der Waals surface area contributed by atoms with Gasteiger partial charge in [0.1, 0.15) is 5.82 Å². The van der Waals surface area contributed by atoms with Gasteiger partial charge in [0, 0.05) is 45.9 Å². The van der Waals surface area contributed by atoms with Gasteiger partial charge in [0.2, 0.25) is 0 Å². The SMILES string of the molecule is COCCNCc1ccc(N2CCN(C)C(C)C2)c(F)c1. The van der Waals surface area contributed by atoms with E-state index >= 15 is 0 Å². The van der Waals surface area contributed by atoms with Crippen molar-refractivity contribution in [1.82, 2.24) is 10.2 Å². The molecule has 0 amide bonds. The van der Waals surface area contributed by atoms with Crippen molar-refractivity contribution in [3.63, 3.8) is 0 Å². The topological polar surface area (TPSA) is 27.7 Å². The lowest BCUT2D eigenvalue weighted by Crippen LogP contribution is -2.50. The summed E-state index contributed by atoms with van der Waals surface area (Å²) in [6, 6.07) is 5.99. The summed E-state index contributed by atoms with van der Waals surface area (Å²) in [5.74, 6) is -0.127. The maximum atomic E-state index is 14.3. The predicted molar refractivity (Wildman–Crippen MR) is 84.3 cm³/mol. The van der Waals surface area contributed by atoms with E-state index in [1.54, 1.807) is 13.2 Å². The maximum absolute atomic E-state index is 14.3. The predicted octanol–water partition coefficient (Wildman–Crippen LogP) is 1.70. The smallest absolute Gasteiger partial charge is 0.146 e. The van der Waals surface area contributed by atoms with E-state index in [9.17, 15) is 4.39 Å². The first-order valence-electron chi connectivity index (χ1n) is 7.55. The van der Waals surface area contributed by atoms with Crippen molar-refractivity contribution >= 4 is 5.69 Å². The first-order chi connectivity index (χ1) is 10.1. The molecule has 0 spiro atoms. The summed E-state index contributed by atoms with van der Waals surface area (Å²) in [7, 11) is 3.79. The molecule has 4 nitrogen and oxygen atoms in total. The second kappa shape index (κ2) is 7.73. The fraction of sp³-hybridized carbons (Fsp3) is 0.625. The molecule has 5 heteroatoms.